The van der Waals surface area contributed by atoms with E-state index in [4.69, 9.17) is 0 Å². The third-order valence-electron chi connectivity index (χ3n) is 2.69. The fraction of sp³-hybridized carbons (Fsp3) is 0.250. The van der Waals surface area contributed by atoms with E-state index in [1.165, 1.54) is 11.1 Å². The van der Waals surface area contributed by atoms with Gasteiger partial charge in [-0.1, -0.05) is 41.5 Å². The van der Waals surface area contributed by atoms with E-state index in [2.05, 4.69) is 38.1 Å². The smallest absolute Gasteiger partial charge is 0.269 e. The Kier molecular flexibility index (Phi) is 22.5. The summed E-state index contributed by atoms with van der Waals surface area (Å²) in [6, 6.07) is 10.4. The van der Waals surface area contributed by atoms with Gasteiger partial charge in [0.1, 0.15) is 0 Å². The number of halogens is 12. The van der Waals surface area contributed by atoms with Crippen molar-refractivity contribution in [2.45, 2.75) is 26.2 Å². The van der Waals surface area contributed by atoms with E-state index in [1.54, 1.807) is 0 Å². The molecule has 2 aromatic carbocycles. The Morgan fingerprint density at radius 3 is 1.00 bits per heavy atom. The standard InChI is InChI=1S/C8H4F6.C8H10.6FH/c9-7(10,11)5-2-1-3-6(4-5)8(12,13)14;1-7-4-3-5-8(2)6-7;;;;;;/h1-4H;3-6H,1-2H3;6*1H. The quantitative estimate of drug-likeness (QED) is 0.389. The first-order valence-electron chi connectivity index (χ1n) is 6.28. The first-order chi connectivity index (χ1) is 10.00. The van der Waals surface area contributed by atoms with Crippen molar-refractivity contribution in [1.29, 1.82) is 0 Å². The van der Waals surface area contributed by atoms with Crippen molar-refractivity contribution in [1.82, 2.24) is 0 Å². The van der Waals surface area contributed by atoms with Crippen molar-refractivity contribution in [2.75, 3.05) is 0 Å². The molecule has 0 heterocycles. The molecule has 0 fully saturated rings. The Labute approximate surface area is 152 Å². The van der Waals surface area contributed by atoms with Crippen LogP contribution in [0, 0.1) is 13.8 Å². The molecule has 0 nitrogen and oxygen atoms in total. The van der Waals surface area contributed by atoms with Gasteiger partial charge in [0, 0.05) is 0 Å². The maximum absolute atomic E-state index is 12.0. The zero-order valence-corrected chi connectivity index (χ0v) is 14.3. The van der Waals surface area contributed by atoms with Crippen molar-refractivity contribution in [3.05, 3.63) is 70.8 Å². The van der Waals surface area contributed by atoms with Crippen LogP contribution in [-0.2, 0) is 12.4 Å². The fourth-order valence-corrected chi connectivity index (χ4v) is 1.68. The highest BCUT2D eigenvalue weighted by Gasteiger charge is 2.35. The molecule has 2 aromatic rings. The predicted molar refractivity (Wildman–Crippen MR) is 87.4 cm³/mol. The lowest BCUT2D eigenvalue weighted by molar-refractivity contribution is -0.143. The maximum Gasteiger partial charge on any atom is 0.416 e. The van der Waals surface area contributed by atoms with Crippen LogP contribution in [0.25, 0.3) is 0 Å². The average molecular weight is 440 g/mol. The Balaban J connectivity index is -0.0000000770. The van der Waals surface area contributed by atoms with Crippen molar-refractivity contribution in [2.24, 2.45) is 0 Å². The number of aryl methyl sites for hydroxylation is 2. The lowest BCUT2D eigenvalue weighted by Gasteiger charge is -2.10. The Morgan fingerprint density at radius 1 is 0.500 bits per heavy atom. The zero-order chi connectivity index (χ0) is 17.0. The second-order valence-electron chi connectivity index (χ2n) is 4.73. The van der Waals surface area contributed by atoms with Crippen LogP contribution in [0.1, 0.15) is 22.3 Å². The summed E-state index contributed by atoms with van der Waals surface area (Å²) in [5, 5.41) is 0. The van der Waals surface area contributed by atoms with E-state index < -0.39 is 23.5 Å². The van der Waals surface area contributed by atoms with E-state index in [9.17, 15) is 26.3 Å². The predicted octanol–water partition coefficient (Wildman–Crippen LogP) is 6.94. The molecule has 0 aliphatic heterocycles. The van der Waals surface area contributed by atoms with Crippen molar-refractivity contribution in [3.8, 4) is 0 Å². The molecule has 0 N–H and O–H groups in total. The maximum atomic E-state index is 12.0. The summed E-state index contributed by atoms with van der Waals surface area (Å²) in [5.74, 6) is 0. The molecule has 0 aromatic heterocycles. The lowest BCUT2D eigenvalue weighted by atomic mass is 10.1. The summed E-state index contributed by atoms with van der Waals surface area (Å²) >= 11 is 0. The van der Waals surface area contributed by atoms with Crippen LogP contribution in [0.5, 0.6) is 0 Å². The third kappa shape index (κ3) is 13.8. The van der Waals surface area contributed by atoms with Crippen LogP contribution in [0.2, 0.25) is 0 Å². The highest BCUT2D eigenvalue weighted by atomic mass is 19.4. The second-order valence-corrected chi connectivity index (χ2v) is 4.73. The molecule has 12 heteroatoms. The first-order valence-corrected chi connectivity index (χ1v) is 6.28. The van der Waals surface area contributed by atoms with Gasteiger partial charge >= 0.3 is 12.4 Å². The zero-order valence-electron chi connectivity index (χ0n) is 14.3. The number of benzene rings is 2. The van der Waals surface area contributed by atoms with E-state index >= 15 is 0 Å². The van der Waals surface area contributed by atoms with Gasteiger partial charge in [0.15, 0.2) is 0 Å². The summed E-state index contributed by atoms with van der Waals surface area (Å²) in [6.07, 6.45) is -9.50. The number of hydrogen-bond acceptors (Lipinski definition) is 0. The van der Waals surface area contributed by atoms with E-state index in [0.29, 0.717) is 12.1 Å². The van der Waals surface area contributed by atoms with Crippen LogP contribution in [0.15, 0.2) is 48.5 Å². The van der Waals surface area contributed by atoms with Crippen LogP contribution < -0.4 is 0 Å². The molecular formula is C16H20F12. The Hall–Kier alpha value is -2.40. The van der Waals surface area contributed by atoms with Gasteiger partial charge in [0.25, 0.3) is 0 Å². The molecule has 0 saturated carbocycles. The normalized spacial score (nSPS) is 9.14. The van der Waals surface area contributed by atoms with Gasteiger partial charge in [-0.05, 0) is 32.0 Å². The van der Waals surface area contributed by atoms with Gasteiger partial charge in [0.2, 0.25) is 0 Å². The molecule has 2 rings (SSSR count). The number of alkyl halides is 6. The number of rotatable bonds is 0. The Bertz CT molecular complexity index is 573. The van der Waals surface area contributed by atoms with E-state index in [1.807, 2.05) is 0 Å². The lowest BCUT2D eigenvalue weighted by Crippen LogP contribution is -2.09. The SMILES string of the molecule is Cc1cccc(C)c1.F.F.F.F.F.F.FC(F)(F)c1cccc(C(F)(F)F)c1. The van der Waals surface area contributed by atoms with Gasteiger partial charge in [-0.3, -0.25) is 28.2 Å². The van der Waals surface area contributed by atoms with E-state index in [0.717, 1.165) is 6.07 Å². The summed E-state index contributed by atoms with van der Waals surface area (Å²) < 4.78 is 71.9. The molecular weight excluding hydrogens is 420 g/mol. The minimum absolute atomic E-state index is 0. The first kappa shape index (κ1) is 40.3. The number of hydrogen-bond donors (Lipinski definition) is 0. The second kappa shape index (κ2) is 15.6. The van der Waals surface area contributed by atoms with Crippen molar-refractivity contribution >= 4 is 0 Å². The van der Waals surface area contributed by atoms with Crippen LogP contribution in [0.4, 0.5) is 54.6 Å². The summed E-state index contributed by atoms with van der Waals surface area (Å²) in [6.45, 7) is 4.21. The summed E-state index contributed by atoms with van der Waals surface area (Å²) in [4.78, 5) is 0. The molecule has 0 atom stereocenters. The van der Waals surface area contributed by atoms with Crippen LogP contribution in [-0.4, -0.2) is 0 Å². The van der Waals surface area contributed by atoms with Crippen LogP contribution in [0.3, 0.4) is 0 Å². The minimum atomic E-state index is -4.75. The van der Waals surface area contributed by atoms with Gasteiger partial charge < -0.3 is 0 Å². The molecule has 168 valence electrons. The summed E-state index contributed by atoms with van der Waals surface area (Å²) in [5.41, 5.74) is 0.0784. The van der Waals surface area contributed by atoms with Gasteiger partial charge in [-0.25, -0.2) is 0 Å². The molecule has 0 unspecified atom stereocenters. The van der Waals surface area contributed by atoms with Gasteiger partial charge in [0.05, 0.1) is 11.1 Å². The van der Waals surface area contributed by atoms with Crippen molar-refractivity contribution in [3.63, 3.8) is 0 Å². The topological polar surface area (TPSA) is 0 Å². The fourth-order valence-electron chi connectivity index (χ4n) is 1.68. The highest BCUT2D eigenvalue weighted by molar-refractivity contribution is 5.27. The molecule has 0 bridgehead atoms. The van der Waals surface area contributed by atoms with Gasteiger partial charge in [-0.15, -0.1) is 0 Å². The molecule has 0 saturated heterocycles. The van der Waals surface area contributed by atoms with E-state index in [-0.39, 0.29) is 34.3 Å². The highest BCUT2D eigenvalue weighted by Crippen LogP contribution is 2.34. The molecule has 0 aliphatic carbocycles. The minimum Gasteiger partial charge on any atom is -0.269 e. The third-order valence-corrected chi connectivity index (χ3v) is 2.69. The Morgan fingerprint density at radius 2 is 0.786 bits per heavy atom. The molecule has 0 aliphatic rings. The average Bonchev–Trinajstić information content (AvgIpc) is 2.37. The van der Waals surface area contributed by atoms with Crippen molar-refractivity contribution < 1.29 is 54.6 Å². The van der Waals surface area contributed by atoms with Crippen LogP contribution >= 0.6 is 0 Å². The molecule has 28 heavy (non-hydrogen) atoms. The monoisotopic (exact) mass is 440 g/mol. The van der Waals surface area contributed by atoms with Gasteiger partial charge in [-0.2, -0.15) is 26.3 Å². The molecule has 0 radical (unpaired) electrons. The summed E-state index contributed by atoms with van der Waals surface area (Å²) in [7, 11) is 0. The molecule has 0 amide bonds. The largest absolute Gasteiger partial charge is 0.416 e. The molecule has 0 spiro atoms.